The quantitative estimate of drug-likeness (QED) is 0.331. The van der Waals surface area contributed by atoms with Gasteiger partial charge in [-0.2, -0.15) is 0 Å². The molecular formula is C25H23N5O6. The standard InChI is InChI=1S/C25H23N5O6/c31-12-17(32)21-18(35-25(34)16-9-5-2-6-10-16)11-19(36-21)30-14-28-20-22(26-13-27-23(20)30)29-24(33)15-7-3-1-4-8-15/h1-10,13-14,17-19,21,31-32H,11-12H2,(H,26,27,29,33)/t17?,18?,19-,21-/m1/s1. The maximum Gasteiger partial charge on any atom is 0.338 e. The average Bonchev–Trinajstić information content (AvgIpc) is 3.54. The van der Waals surface area contributed by atoms with Crippen LogP contribution in [0.3, 0.4) is 0 Å². The van der Waals surface area contributed by atoms with Gasteiger partial charge in [0, 0.05) is 12.0 Å². The van der Waals surface area contributed by atoms with Crippen LogP contribution in [0.1, 0.15) is 33.4 Å². The van der Waals surface area contributed by atoms with Gasteiger partial charge in [0.2, 0.25) is 0 Å². The van der Waals surface area contributed by atoms with Gasteiger partial charge in [0.25, 0.3) is 5.91 Å². The van der Waals surface area contributed by atoms with Gasteiger partial charge in [-0.1, -0.05) is 36.4 Å². The number of fused-ring (bicyclic) bond motifs is 1. The van der Waals surface area contributed by atoms with Crippen LogP contribution >= 0.6 is 0 Å². The van der Waals surface area contributed by atoms with Crippen LogP contribution in [-0.2, 0) is 9.47 Å². The lowest BCUT2D eigenvalue weighted by Crippen LogP contribution is -2.39. The minimum Gasteiger partial charge on any atom is -0.456 e. The highest BCUT2D eigenvalue weighted by molar-refractivity contribution is 6.06. The Balaban J connectivity index is 1.39. The number of aromatic nitrogens is 4. The summed E-state index contributed by atoms with van der Waals surface area (Å²) in [6.07, 6.45) is -0.821. The molecule has 4 aromatic rings. The number of nitrogens with one attached hydrogen (secondary N) is 1. The first kappa shape index (κ1) is 23.5. The van der Waals surface area contributed by atoms with E-state index in [4.69, 9.17) is 9.47 Å². The van der Waals surface area contributed by atoms with Gasteiger partial charge in [0.05, 0.1) is 18.5 Å². The van der Waals surface area contributed by atoms with Crippen molar-refractivity contribution in [1.29, 1.82) is 0 Å². The SMILES string of the molecule is O=C(Nc1ncnc2c1ncn2[C@H]1CC(OC(=O)c2ccccc2)[C@@H](C(O)CO)O1)c1ccccc1. The number of anilines is 1. The molecule has 2 unspecified atom stereocenters. The molecule has 3 heterocycles. The molecule has 0 radical (unpaired) electrons. The molecule has 1 aliphatic heterocycles. The average molecular weight is 489 g/mol. The Morgan fingerprint density at radius 1 is 1.06 bits per heavy atom. The molecule has 0 spiro atoms. The molecule has 1 saturated heterocycles. The van der Waals surface area contributed by atoms with Crippen molar-refractivity contribution in [3.05, 3.63) is 84.4 Å². The predicted octanol–water partition coefficient (Wildman–Crippen LogP) is 1.94. The maximum atomic E-state index is 12.6. The van der Waals surface area contributed by atoms with Crippen molar-refractivity contribution in [3.8, 4) is 0 Å². The van der Waals surface area contributed by atoms with Crippen LogP contribution in [0.15, 0.2) is 73.3 Å². The van der Waals surface area contributed by atoms with Crippen molar-refractivity contribution in [2.75, 3.05) is 11.9 Å². The van der Waals surface area contributed by atoms with Gasteiger partial charge in [-0.15, -0.1) is 0 Å². The lowest BCUT2D eigenvalue weighted by molar-refractivity contribution is -0.0978. The minimum atomic E-state index is -1.27. The number of aliphatic hydroxyl groups excluding tert-OH is 2. The van der Waals surface area contributed by atoms with E-state index in [1.165, 1.54) is 12.7 Å². The number of ether oxygens (including phenoxy) is 2. The largest absolute Gasteiger partial charge is 0.456 e. The van der Waals surface area contributed by atoms with Crippen LogP contribution in [0, 0.1) is 0 Å². The third-order valence-corrected chi connectivity index (χ3v) is 5.89. The zero-order valence-corrected chi connectivity index (χ0v) is 19.0. The fraction of sp³-hybridized carbons (Fsp3) is 0.240. The fourth-order valence-corrected chi connectivity index (χ4v) is 4.10. The van der Waals surface area contributed by atoms with E-state index in [1.807, 2.05) is 6.07 Å². The summed E-state index contributed by atoms with van der Waals surface area (Å²) in [4.78, 5) is 38.0. The summed E-state index contributed by atoms with van der Waals surface area (Å²) in [5, 5.41) is 22.6. The number of imidazole rings is 1. The second-order valence-electron chi connectivity index (χ2n) is 8.22. The highest BCUT2D eigenvalue weighted by atomic mass is 16.6. The Kier molecular flexibility index (Phi) is 6.67. The molecule has 1 fully saturated rings. The first-order valence-electron chi connectivity index (χ1n) is 11.3. The van der Waals surface area contributed by atoms with Crippen molar-refractivity contribution in [2.45, 2.75) is 31.0 Å². The molecule has 0 aliphatic carbocycles. The van der Waals surface area contributed by atoms with E-state index in [-0.39, 0.29) is 18.1 Å². The van der Waals surface area contributed by atoms with E-state index in [0.29, 0.717) is 22.3 Å². The fourth-order valence-electron chi connectivity index (χ4n) is 4.10. The summed E-state index contributed by atoms with van der Waals surface area (Å²) >= 11 is 0. The molecule has 1 amide bonds. The molecule has 0 saturated carbocycles. The molecule has 5 rings (SSSR count). The van der Waals surface area contributed by atoms with E-state index < -0.39 is 37.1 Å². The maximum absolute atomic E-state index is 12.6. The second-order valence-corrected chi connectivity index (χ2v) is 8.22. The summed E-state index contributed by atoms with van der Waals surface area (Å²) in [5.41, 5.74) is 1.55. The number of nitrogens with zero attached hydrogens (tertiary/aromatic N) is 4. The Labute approximate surface area is 205 Å². The molecule has 184 valence electrons. The van der Waals surface area contributed by atoms with Gasteiger partial charge >= 0.3 is 5.97 Å². The molecule has 2 aromatic heterocycles. The van der Waals surface area contributed by atoms with Crippen LogP contribution in [0.4, 0.5) is 5.82 Å². The normalized spacial score (nSPS) is 20.2. The van der Waals surface area contributed by atoms with Gasteiger partial charge in [-0.3, -0.25) is 9.36 Å². The van der Waals surface area contributed by atoms with Crippen molar-refractivity contribution in [1.82, 2.24) is 19.5 Å². The van der Waals surface area contributed by atoms with E-state index in [9.17, 15) is 19.8 Å². The number of aliphatic hydroxyl groups is 2. The zero-order chi connectivity index (χ0) is 25.1. The number of carbonyl (C=O) groups excluding carboxylic acids is 2. The molecule has 2 aromatic carbocycles. The molecule has 36 heavy (non-hydrogen) atoms. The molecule has 4 atom stereocenters. The Hall–Kier alpha value is -4.19. The molecule has 0 bridgehead atoms. The van der Waals surface area contributed by atoms with Crippen LogP contribution in [-0.4, -0.2) is 66.5 Å². The number of esters is 1. The van der Waals surface area contributed by atoms with Crippen LogP contribution < -0.4 is 5.32 Å². The minimum absolute atomic E-state index is 0.182. The molecular weight excluding hydrogens is 466 g/mol. The summed E-state index contributed by atoms with van der Waals surface area (Å²) < 4.78 is 13.2. The van der Waals surface area contributed by atoms with E-state index in [2.05, 4.69) is 20.3 Å². The van der Waals surface area contributed by atoms with Crippen molar-refractivity contribution < 1.29 is 29.3 Å². The zero-order valence-electron chi connectivity index (χ0n) is 19.0. The first-order chi connectivity index (χ1) is 17.5. The molecule has 1 aliphatic rings. The van der Waals surface area contributed by atoms with Crippen molar-refractivity contribution >= 4 is 28.9 Å². The summed E-state index contributed by atoms with van der Waals surface area (Å²) in [6.45, 7) is -0.570. The van der Waals surface area contributed by atoms with E-state index in [1.54, 1.807) is 59.2 Å². The second kappa shape index (κ2) is 10.2. The van der Waals surface area contributed by atoms with Gasteiger partial charge in [0.1, 0.15) is 30.9 Å². The first-order valence-corrected chi connectivity index (χ1v) is 11.3. The van der Waals surface area contributed by atoms with Crippen LogP contribution in [0.5, 0.6) is 0 Å². The highest BCUT2D eigenvalue weighted by Crippen LogP contribution is 2.35. The van der Waals surface area contributed by atoms with E-state index in [0.717, 1.165) is 0 Å². The monoisotopic (exact) mass is 489 g/mol. The number of carbonyl (C=O) groups is 2. The summed E-state index contributed by atoms with van der Waals surface area (Å²) in [5.74, 6) is -0.686. The van der Waals surface area contributed by atoms with Crippen LogP contribution in [0.2, 0.25) is 0 Å². The van der Waals surface area contributed by atoms with Crippen LogP contribution in [0.25, 0.3) is 11.2 Å². The number of rotatable bonds is 7. The van der Waals surface area contributed by atoms with Gasteiger partial charge in [0.15, 0.2) is 17.0 Å². The molecule has 11 heteroatoms. The Morgan fingerprint density at radius 3 is 2.44 bits per heavy atom. The highest BCUT2D eigenvalue weighted by Gasteiger charge is 2.43. The van der Waals surface area contributed by atoms with Gasteiger partial charge in [-0.05, 0) is 24.3 Å². The Morgan fingerprint density at radius 2 is 1.75 bits per heavy atom. The van der Waals surface area contributed by atoms with E-state index >= 15 is 0 Å². The lowest BCUT2D eigenvalue weighted by Gasteiger charge is -2.22. The van der Waals surface area contributed by atoms with Gasteiger partial charge in [-0.25, -0.2) is 19.7 Å². The number of hydrogen-bond donors (Lipinski definition) is 3. The lowest BCUT2D eigenvalue weighted by atomic mass is 10.1. The van der Waals surface area contributed by atoms with Gasteiger partial charge < -0.3 is 25.0 Å². The predicted molar refractivity (Wildman–Crippen MR) is 127 cm³/mol. The van der Waals surface area contributed by atoms with Crippen molar-refractivity contribution in [3.63, 3.8) is 0 Å². The number of hydrogen-bond acceptors (Lipinski definition) is 9. The summed E-state index contributed by atoms with van der Waals surface area (Å²) in [6, 6.07) is 17.2. The summed E-state index contributed by atoms with van der Waals surface area (Å²) in [7, 11) is 0. The third kappa shape index (κ3) is 4.67. The Bertz CT molecular complexity index is 1360. The molecule has 11 nitrogen and oxygen atoms in total. The third-order valence-electron chi connectivity index (χ3n) is 5.89. The molecule has 3 N–H and O–H groups in total. The topological polar surface area (TPSA) is 149 Å². The number of benzene rings is 2. The van der Waals surface area contributed by atoms with Crippen molar-refractivity contribution in [2.24, 2.45) is 0 Å². The number of amides is 1. The smallest absolute Gasteiger partial charge is 0.338 e.